The van der Waals surface area contributed by atoms with E-state index in [1.54, 1.807) is 54.6 Å². The Bertz CT molecular complexity index is 1110. The average Bonchev–Trinajstić information content (AvgIpc) is 3.32. The second-order valence-electron chi connectivity index (χ2n) is 6.84. The maximum Gasteiger partial charge on any atom is 0.291 e. The number of rotatable bonds is 7. The number of Topliss-reactive ketones (excluding diaryl/α,β-unsaturated/α-hetero) is 1. The summed E-state index contributed by atoms with van der Waals surface area (Å²) in [4.78, 5) is 36.8. The zero-order valence-corrected chi connectivity index (χ0v) is 16.6. The lowest BCUT2D eigenvalue weighted by atomic mass is 10.1. The number of amides is 2. The number of hydrogen-bond donors (Lipinski definition) is 2. The van der Waals surface area contributed by atoms with Crippen LogP contribution in [0.25, 0.3) is 0 Å². The maximum absolute atomic E-state index is 12.4. The summed E-state index contributed by atoms with van der Waals surface area (Å²) in [5, 5.41) is 5.43. The number of carbonyl (C=O) groups is 3. The standard InChI is InChI=1S/C23H20N2O6/c26-18(15-6-8-19-21(13-15)31-12-11-30-19)7-9-22(27)24-16-3-1-4-17(14-16)25-23(28)20-5-2-10-29-20/h1-6,8,10,13-14H,7,9,11-12H2,(H,24,27)(H,25,28). The molecule has 0 fully saturated rings. The highest BCUT2D eigenvalue weighted by Gasteiger charge is 2.16. The number of hydrogen-bond acceptors (Lipinski definition) is 6. The molecule has 0 bridgehead atoms. The SMILES string of the molecule is O=C(CCC(=O)c1ccc2c(c1)OCCO2)Nc1cccc(NC(=O)c2ccco2)c1. The van der Waals surface area contributed by atoms with Crippen molar-refractivity contribution in [2.45, 2.75) is 12.8 Å². The fraction of sp³-hybridized carbons (Fsp3) is 0.174. The third-order valence-corrected chi connectivity index (χ3v) is 4.59. The average molecular weight is 420 g/mol. The van der Waals surface area contributed by atoms with Gasteiger partial charge >= 0.3 is 0 Å². The number of nitrogens with one attached hydrogen (secondary N) is 2. The van der Waals surface area contributed by atoms with E-state index >= 15 is 0 Å². The molecule has 2 heterocycles. The summed E-state index contributed by atoms with van der Waals surface area (Å²) in [5.74, 6) is 0.479. The van der Waals surface area contributed by atoms with Crippen molar-refractivity contribution in [2.75, 3.05) is 23.8 Å². The number of ketones is 1. The Morgan fingerprint density at radius 1 is 0.806 bits per heavy atom. The molecule has 4 rings (SSSR count). The van der Waals surface area contributed by atoms with Crippen LogP contribution in [0.2, 0.25) is 0 Å². The Morgan fingerprint density at radius 2 is 1.58 bits per heavy atom. The molecular formula is C23H20N2O6. The predicted molar refractivity (Wildman–Crippen MR) is 113 cm³/mol. The normalized spacial score (nSPS) is 12.1. The first-order chi connectivity index (χ1) is 15.1. The highest BCUT2D eigenvalue weighted by Crippen LogP contribution is 2.31. The smallest absolute Gasteiger partial charge is 0.291 e. The summed E-state index contributed by atoms with van der Waals surface area (Å²) < 4.78 is 16.0. The molecule has 0 unspecified atom stereocenters. The number of anilines is 2. The highest BCUT2D eigenvalue weighted by atomic mass is 16.6. The third-order valence-electron chi connectivity index (χ3n) is 4.59. The van der Waals surface area contributed by atoms with Gasteiger partial charge in [0.05, 0.1) is 6.26 Å². The molecule has 0 saturated heterocycles. The molecule has 2 N–H and O–H groups in total. The molecule has 1 aliphatic rings. The van der Waals surface area contributed by atoms with Crippen LogP contribution in [-0.2, 0) is 4.79 Å². The van der Waals surface area contributed by atoms with Crippen molar-refractivity contribution >= 4 is 29.0 Å². The second-order valence-corrected chi connectivity index (χ2v) is 6.84. The molecule has 3 aromatic rings. The molecule has 0 saturated carbocycles. The van der Waals surface area contributed by atoms with Gasteiger partial charge < -0.3 is 24.5 Å². The van der Waals surface area contributed by atoms with Crippen LogP contribution in [0.4, 0.5) is 11.4 Å². The minimum Gasteiger partial charge on any atom is -0.486 e. The van der Waals surface area contributed by atoms with E-state index < -0.39 is 5.91 Å². The van der Waals surface area contributed by atoms with E-state index in [0.29, 0.717) is 41.7 Å². The van der Waals surface area contributed by atoms with E-state index in [4.69, 9.17) is 13.9 Å². The van der Waals surface area contributed by atoms with Crippen LogP contribution >= 0.6 is 0 Å². The Morgan fingerprint density at radius 3 is 2.35 bits per heavy atom. The minimum atomic E-state index is -0.390. The van der Waals surface area contributed by atoms with Gasteiger partial charge in [0.15, 0.2) is 23.0 Å². The first kappa shape index (κ1) is 20.2. The lowest BCUT2D eigenvalue weighted by molar-refractivity contribution is -0.116. The first-order valence-electron chi connectivity index (χ1n) is 9.76. The molecule has 0 radical (unpaired) electrons. The quantitative estimate of drug-likeness (QED) is 0.562. The summed E-state index contributed by atoms with van der Waals surface area (Å²) in [6, 6.07) is 14.9. The van der Waals surface area contributed by atoms with Crippen LogP contribution in [0.15, 0.2) is 65.3 Å². The molecule has 0 atom stereocenters. The van der Waals surface area contributed by atoms with Crippen LogP contribution in [0.1, 0.15) is 33.8 Å². The van der Waals surface area contributed by atoms with E-state index in [0.717, 1.165) is 0 Å². The summed E-state index contributed by atoms with van der Waals surface area (Å²) in [7, 11) is 0. The number of carbonyl (C=O) groups excluding carboxylic acids is 3. The monoisotopic (exact) mass is 420 g/mol. The molecule has 1 aromatic heterocycles. The molecule has 1 aliphatic heterocycles. The van der Waals surface area contributed by atoms with Crippen molar-refractivity contribution < 1.29 is 28.3 Å². The molecule has 0 aliphatic carbocycles. The van der Waals surface area contributed by atoms with Gasteiger partial charge in [-0.25, -0.2) is 0 Å². The molecule has 2 amide bonds. The van der Waals surface area contributed by atoms with E-state index in [-0.39, 0.29) is 30.3 Å². The fourth-order valence-electron chi connectivity index (χ4n) is 3.09. The highest BCUT2D eigenvalue weighted by molar-refractivity contribution is 6.03. The van der Waals surface area contributed by atoms with E-state index in [1.807, 2.05) is 0 Å². The topological polar surface area (TPSA) is 107 Å². The summed E-state index contributed by atoms with van der Waals surface area (Å²) in [5.41, 5.74) is 1.49. The third kappa shape index (κ3) is 5.11. The second kappa shape index (κ2) is 9.17. The van der Waals surface area contributed by atoms with E-state index in [1.165, 1.54) is 6.26 Å². The summed E-state index contributed by atoms with van der Waals surface area (Å²) in [6.45, 7) is 0.919. The van der Waals surface area contributed by atoms with Gasteiger partial charge in [0.1, 0.15) is 13.2 Å². The van der Waals surface area contributed by atoms with Crippen LogP contribution in [0, 0.1) is 0 Å². The number of benzene rings is 2. The fourth-order valence-corrected chi connectivity index (χ4v) is 3.09. The van der Waals surface area contributed by atoms with Gasteiger partial charge in [-0.3, -0.25) is 14.4 Å². The Hall–Kier alpha value is -4.07. The van der Waals surface area contributed by atoms with Crippen molar-refractivity contribution in [1.29, 1.82) is 0 Å². The van der Waals surface area contributed by atoms with E-state index in [9.17, 15) is 14.4 Å². The first-order valence-corrected chi connectivity index (χ1v) is 9.76. The summed E-state index contributed by atoms with van der Waals surface area (Å²) in [6.07, 6.45) is 1.49. The molecule has 158 valence electrons. The number of furan rings is 1. The zero-order valence-electron chi connectivity index (χ0n) is 16.6. The van der Waals surface area contributed by atoms with Crippen molar-refractivity contribution in [2.24, 2.45) is 0 Å². The predicted octanol–water partition coefficient (Wildman–Crippen LogP) is 3.90. The van der Waals surface area contributed by atoms with Crippen LogP contribution < -0.4 is 20.1 Å². The molecular weight excluding hydrogens is 400 g/mol. The molecule has 31 heavy (non-hydrogen) atoms. The Balaban J connectivity index is 1.30. The van der Waals surface area contributed by atoms with Gasteiger partial charge in [-0.2, -0.15) is 0 Å². The van der Waals surface area contributed by atoms with Crippen LogP contribution in [0.5, 0.6) is 11.5 Å². The van der Waals surface area contributed by atoms with Gasteiger partial charge in [0.25, 0.3) is 5.91 Å². The van der Waals surface area contributed by atoms with Gasteiger partial charge in [-0.05, 0) is 48.5 Å². The van der Waals surface area contributed by atoms with Crippen molar-refractivity contribution in [3.8, 4) is 11.5 Å². The van der Waals surface area contributed by atoms with Crippen LogP contribution in [-0.4, -0.2) is 30.8 Å². The number of ether oxygens (including phenoxy) is 2. The lowest BCUT2D eigenvalue weighted by Crippen LogP contribution is -2.16. The zero-order chi connectivity index (χ0) is 21.6. The lowest BCUT2D eigenvalue weighted by Gasteiger charge is -2.18. The van der Waals surface area contributed by atoms with Gasteiger partial charge in [-0.1, -0.05) is 6.07 Å². The van der Waals surface area contributed by atoms with E-state index in [2.05, 4.69) is 10.6 Å². The van der Waals surface area contributed by atoms with Crippen molar-refractivity contribution in [3.05, 3.63) is 72.2 Å². The summed E-state index contributed by atoms with van der Waals surface area (Å²) >= 11 is 0. The largest absolute Gasteiger partial charge is 0.486 e. The van der Waals surface area contributed by atoms with Crippen molar-refractivity contribution in [1.82, 2.24) is 0 Å². The van der Waals surface area contributed by atoms with Crippen molar-refractivity contribution in [3.63, 3.8) is 0 Å². The van der Waals surface area contributed by atoms with Gasteiger partial charge in [-0.15, -0.1) is 0 Å². The van der Waals surface area contributed by atoms with Gasteiger partial charge in [0.2, 0.25) is 5.91 Å². The van der Waals surface area contributed by atoms with Gasteiger partial charge in [0, 0.05) is 29.8 Å². The number of fused-ring (bicyclic) bond motifs is 1. The Kier molecular flexibility index (Phi) is 5.98. The maximum atomic E-state index is 12.4. The van der Waals surface area contributed by atoms with Crippen LogP contribution in [0.3, 0.4) is 0 Å². The molecule has 2 aromatic carbocycles. The molecule has 8 heteroatoms. The minimum absolute atomic E-state index is 0.0241. The Labute approximate surface area is 178 Å². The molecule has 8 nitrogen and oxygen atoms in total. The molecule has 0 spiro atoms.